The molecule has 0 aromatic carbocycles. The minimum atomic E-state index is 0.536. The zero-order valence-electron chi connectivity index (χ0n) is 11.6. The Hall–Kier alpha value is -0.830. The summed E-state index contributed by atoms with van der Waals surface area (Å²) >= 11 is 0. The molecule has 17 heavy (non-hydrogen) atoms. The van der Waals surface area contributed by atoms with Gasteiger partial charge in [-0.2, -0.15) is 0 Å². The van der Waals surface area contributed by atoms with Crippen molar-refractivity contribution in [3.63, 3.8) is 0 Å². The fourth-order valence-electron chi connectivity index (χ4n) is 2.81. The Bertz CT molecular complexity index is 379. The lowest BCUT2D eigenvalue weighted by atomic mass is 10.00. The lowest BCUT2D eigenvalue weighted by Gasteiger charge is -2.23. The predicted molar refractivity (Wildman–Crippen MR) is 71.3 cm³/mol. The number of hydrogen-bond donors (Lipinski definition) is 1. The van der Waals surface area contributed by atoms with Crippen molar-refractivity contribution in [1.82, 2.24) is 14.9 Å². The number of aryl methyl sites for hydroxylation is 2. The molecule has 1 unspecified atom stereocenters. The molecule has 0 aliphatic heterocycles. The average Bonchev–Trinajstić information content (AvgIpc) is 2.61. The Morgan fingerprint density at radius 2 is 2.00 bits per heavy atom. The van der Waals surface area contributed by atoms with Crippen molar-refractivity contribution in [2.24, 2.45) is 5.92 Å². The Balaban J connectivity index is 2.23. The summed E-state index contributed by atoms with van der Waals surface area (Å²) in [6.45, 7) is 7.76. The SMILES string of the molecule is CNC(Cn1c(C)nc2c1CCCC2)C(C)C. The van der Waals surface area contributed by atoms with Crippen LogP contribution in [0.5, 0.6) is 0 Å². The van der Waals surface area contributed by atoms with E-state index in [9.17, 15) is 0 Å². The van der Waals surface area contributed by atoms with E-state index in [1.807, 2.05) is 0 Å². The molecule has 0 radical (unpaired) electrons. The molecule has 2 rings (SSSR count). The largest absolute Gasteiger partial charge is 0.330 e. The van der Waals surface area contributed by atoms with Crippen LogP contribution >= 0.6 is 0 Å². The number of aromatic nitrogens is 2. The van der Waals surface area contributed by atoms with Crippen LogP contribution in [-0.2, 0) is 19.4 Å². The molecule has 1 aliphatic carbocycles. The first-order chi connectivity index (χ1) is 8.13. The quantitative estimate of drug-likeness (QED) is 0.868. The smallest absolute Gasteiger partial charge is 0.106 e. The normalized spacial score (nSPS) is 17.2. The highest BCUT2D eigenvalue weighted by Gasteiger charge is 2.20. The van der Waals surface area contributed by atoms with Gasteiger partial charge in [-0.15, -0.1) is 0 Å². The molecule has 0 bridgehead atoms. The highest BCUT2D eigenvalue weighted by Crippen LogP contribution is 2.22. The number of fused-ring (bicyclic) bond motifs is 1. The van der Waals surface area contributed by atoms with Gasteiger partial charge in [0.05, 0.1) is 5.69 Å². The van der Waals surface area contributed by atoms with Crippen LogP contribution in [0.4, 0.5) is 0 Å². The van der Waals surface area contributed by atoms with Crippen LogP contribution in [0.1, 0.15) is 43.9 Å². The molecule has 1 atom stereocenters. The van der Waals surface area contributed by atoms with Gasteiger partial charge in [-0.05, 0) is 45.6 Å². The highest BCUT2D eigenvalue weighted by atomic mass is 15.1. The van der Waals surface area contributed by atoms with Crippen molar-refractivity contribution in [3.8, 4) is 0 Å². The van der Waals surface area contributed by atoms with Gasteiger partial charge in [-0.1, -0.05) is 13.8 Å². The van der Waals surface area contributed by atoms with Gasteiger partial charge in [-0.25, -0.2) is 4.98 Å². The second-order valence-corrected chi connectivity index (χ2v) is 5.51. The summed E-state index contributed by atoms with van der Waals surface area (Å²) in [5.74, 6) is 1.85. The zero-order chi connectivity index (χ0) is 12.4. The standard InChI is InChI=1S/C14H25N3/c1-10(2)13(15-4)9-17-11(3)16-12-7-5-6-8-14(12)17/h10,13,15H,5-9H2,1-4H3. The summed E-state index contributed by atoms with van der Waals surface area (Å²) in [7, 11) is 2.06. The van der Waals surface area contributed by atoms with E-state index in [-0.39, 0.29) is 0 Å². The third-order valence-corrected chi connectivity index (χ3v) is 3.98. The summed E-state index contributed by atoms with van der Waals surface area (Å²) in [6.07, 6.45) is 5.02. The van der Waals surface area contributed by atoms with Gasteiger partial charge < -0.3 is 9.88 Å². The maximum Gasteiger partial charge on any atom is 0.106 e. The molecule has 1 N–H and O–H groups in total. The summed E-state index contributed by atoms with van der Waals surface area (Å²) < 4.78 is 2.44. The van der Waals surface area contributed by atoms with E-state index in [4.69, 9.17) is 4.98 Å². The maximum absolute atomic E-state index is 4.73. The zero-order valence-corrected chi connectivity index (χ0v) is 11.6. The second-order valence-electron chi connectivity index (χ2n) is 5.51. The van der Waals surface area contributed by atoms with Gasteiger partial charge in [0.1, 0.15) is 5.82 Å². The number of nitrogens with zero attached hydrogens (tertiary/aromatic N) is 2. The molecule has 0 fully saturated rings. The van der Waals surface area contributed by atoms with Gasteiger partial charge in [-0.3, -0.25) is 0 Å². The van der Waals surface area contributed by atoms with Crippen LogP contribution in [0.25, 0.3) is 0 Å². The number of nitrogens with one attached hydrogen (secondary N) is 1. The third kappa shape index (κ3) is 2.54. The van der Waals surface area contributed by atoms with E-state index in [0.29, 0.717) is 12.0 Å². The second kappa shape index (κ2) is 5.21. The maximum atomic E-state index is 4.73. The Morgan fingerprint density at radius 3 is 2.65 bits per heavy atom. The highest BCUT2D eigenvalue weighted by molar-refractivity contribution is 5.20. The summed E-state index contributed by atoms with van der Waals surface area (Å²) in [5, 5.41) is 3.43. The first-order valence-corrected chi connectivity index (χ1v) is 6.85. The summed E-state index contributed by atoms with van der Waals surface area (Å²) in [4.78, 5) is 4.73. The third-order valence-electron chi connectivity index (χ3n) is 3.98. The molecule has 0 saturated carbocycles. The number of imidazole rings is 1. The van der Waals surface area contributed by atoms with Crippen LogP contribution in [0, 0.1) is 12.8 Å². The predicted octanol–water partition coefficient (Wildman–Crippen LogP) is 2.31. The number of likely N-dealkylation sites (N-methyl/N-ethyl adjacent to an activating group) is 1. The fourth-order valence-corrected chi connectivity index (χ4v) is 2.81. The van der Waals surface area contributed by atoms with Crippen molar-refractivity contribution < 1.29 is 0 Å². The fraction of sp³-hybridized carbons (Fsp3) is 0.786. The van der Waals surface area contributed by atoms with E-state index in [1.54, 1.807) is 0 Å². The molecule has 1 heterocycles. The molecular formula is C14H25N3. The number of rotatable bonds is 4. The van der Waals surface area contributed by atoms with Gasteiger partial charge in [0.2, 0.25) is 0 Å². The van der Waals surface area contributed by atoms with Gasteiger partial charge in [0.15, 0.2) is 0 Å². The lowest BCUT2D eigenvalue weighted by Crippen LogP contribution is -2.35. The lowest BCUT2D eigenvalue weighted by molar-refractivity contribution is 0.369. The van der Waals surface area contributed by atoms with Crippen molar-refractivity contribution in [3.05, 3.63) is 17.2 Å². The molecule has 1 aromatic rings. The molecule has 3 heteroatoms. The topological polar surface area (TPSA) is 29.9 Å². The van der Waals surface area contributed by atoms with E-state index in [0.717, 1.165) is 6.54 Å². The Kier molecular flexibility index (Phi) is 3.87. The first-order valence-electron chi connectivity index (χ1n) is 6.85. The molecule has 3 nitrogen and oxygen atoms in total. The van der Waals surface area contributed by atoms with Crippen LogP contribution in [0.15, 0.2) is 0 Å². The first kappa shape index (κ1) is 12.6. The van der Waals surface area contributed by atoms with Crippen LogP contribution in [-0.4, -0.2) is 22.6 Å². The molecule has 96 valence electrons. The minimum Gasteiger partial charge on any atom is -0.330 e. The monoisotopic (exact) mass is 235 g/mol. The van der Waals surface area contributed by atoms with E-state index >= 15 is 0 Å². The van der Waals surface area contributed by atoms with Crippen LogP contribution < -0.4 is 5.32 Å². The van der Waals surface area contributed by atoms with Gasteiger partial charge in [0, 0.05) is 18.3 Å². The van der Waals surface area contributed by atoms with Crippen molar-refractivity contribution in [2.75, 3.05) is 7.05 Å². The van der Waals surface area contributed by atoms with Crippen LogP contribution in [0.2, 0.25) is 0 Å². The van der Waals surface area contributed by atoms with E-state index in [2.05, 4.69) is 37.7 Å². The molecule has 0 amide bonds. The Labute approximate surface area is 105 Å². The van der Waals surface area contributed by atoms with Crippen molar-refractivity contribution in [1.29, 1.82) is 0 Å². The molecule has 1 aromatic heterocycles. The molecule has 1 aliphatic rings. The van der Waals surface area contributed by atoms with Crippen LogP contribution in [0.3, 0.4) is 0 Å². The van der Waals surface area contributed by atoms with Gasteiger partial charge in [0.25, 0.3) is 0 Å². The van der Waals surface area contributed by atoms with E-state index in [1.165, 1.54) is 42.9 Å². The molecule has 0 saturated heterocycles. The summed E-state index contributed by atoms with van der Waals surface area (Å²) in [6, 6.07) is 0.536. The summed E-state index contributed by atoms with van der Waals surface area (Å²) in [5.41, 5.74) is 2.85. The Morgan fingerprint density at radius 1 is 1.29 bits per heavy atom. The van der Waals surface area contributed by atoms with Crippen molar-refractivity contribution >= 4 is 0 Å². The van der Waals surface area contributed by atoms with E-state index < -0.39 is 0 Å². The average molecular weight is 235 g/mol. The molecular weight excluding hydrogens is 210 g/mol. The molecule has 0 spiro atoms. The number of hydrogen-bond acceptors (Lipinski definition) is 2. The van der Waals surface area contributed by atoms with Crippen molar-refractivity contribution in [2.45, 2.75) is 59.0 Å². The van der Waals surface area contributed by atoms with Gasteiger partial charge >= 0.3 is 0 Å². The minimum absolute atomic E-state index is 0.536.